The third-order valence-corrected chi connectivity index (χ3v) is 6.56. The Kier molecular flexibility index (Phi) is 5.81. The molecule has 200 valence electrons. The first-order valence-electron chi connectivity index (χ1n) is 11.8. The number of nitrogens with one attached hydrogen (secondary N) is 1. The first kappa shape index (κ1) is 24.9. The van der Waals surface area contributed by atoms with Gasteiger partial charge in [-0.05, 0) is 36.1 Å². The predicted molar refractivity (Wildman–Crippen MR) is 127 cm³/mol. The normalized spacial score (nSPS) is 15.6. The average Bonchev–Trinajstić information content (AvgIpc) is 3.61. The molecule has 1 N–H and O–H groups in total. The van der Waals surface area contributed by atoms with Gasteiger partial charge in [0.1, 0.15) is 23.6 Å². The lowest BCUT2D eigenvalue weighted by atomic mass is 10.0. The summed E-state index contributed by atoms with van der Waals surface area (Å²) in [5, 5.41) is 11.3. The maximum Gasteiger partial charge on any atom is 0.417 e. The van der Waals surface area contributed by atoms with E-state index in [9.17, 15) is 26.3 Å². The third kappa shape index (κ3) is 4.91. The Hall–Kier alpha value is -4.42. The number of hydrogen-bond donors (Lipinski definition) is 1. The van der Waals surface area contributed by atoms with Crippen LogP contribution in [-0.4, -0.2) is 24.9 Å². The standard InChI is InChI=1S/C26H18F6N6O/c27-25(28,29)15-6-7-18(19(9-15)26(30,31)32)21-10-16(39-37-21)12-38-13-23-22(11-33-38)35-24(36-23)34-20-8-5-14-3-1-2-4-17(14)20/h1-4,6-7,9-11,13,20H,5,8,12H2,(H,34,36). The van der Waals surface area contributed by atoms with Gasteiger partial charge >= 0.3 is 12.4 Å². The van der Waals surface area contributed by atoms with E-state index in [-0.39, 0.29) is 30.1 Å². The van der Waals surface area contributed by atoms with Crippen LogP contribution in [0.2, 0.25) is 0 Å². The highest BCUT2D eigenvalue weighted by molar-refractivity contribution is 5.65. The number of nitrogens with zero attached hydrogens (tertiary/aromatic N) is 5. The van der Waals surface area contributed by atoms with Crippen LogP contribution in [0.5, 0.6) is 0 Å². The molecule has 39 heavy (non-hydrogen) atoms. The molecule has 1 aliphatic carbocycles. The van der Waals surface area contributed by atoms with Crippen molar-refractivity contribution in [3.63, 3.8) is 0 Å². The van der Waals surface area contributed by atoms with Gasteiger partial charge in [-0.15, -0.1) is 0 Å². The molecule has 2 aliphatic heterocycles. The second-order valence-electron chi connectivity index (χ2n) is 9.16. The fourth-order valence-electron chi connectivity index (χ4n) is 4.73. The number of alkyl halides is 6. The van der Waals surface area contributed by atoms with Crippen LogP contribution in [0.1, 0.15) is 40.5 Å². The number of halogens is 6. The molecule has 6 rings (SSSR count). The number of aromatic nitrogens is 5. The molecule has 7 nitrogen and oxygen atoms in total. The van der Waals surface area contributed by atoms with Gasteiger partial charge in [0.15, 0.2) is 5.76 Å². The molecule has 1 unspecified atom stereocenters. The topological polar surface area (TPSA) is 81.7 Å². The number of imidazole rings is 1. The SMILES string of the molecule is FC(F)(F)c1ccc(-c2cc(Cn3cc4nc(NC5CCc6ccccc65)nc-4cn3)on2)c(C(F)(F)F)c1. The zero-order valence-electron chi connectivity index (χ0n) is 19.9. The zero-order chi connectivity index (χ0) is 27.4. The van der Waals surface area contributed by atoms with E-state index in [0.717, 1.165) is 18.9 Å². The molecular formula is C26H18F6N6O. The van der Waals surface area contributed by atoms with Crippen LogP contribution in [0.3, 0.4) is 0 Å². The van der Waals surface area contributed by atoms with E-state index in [1.807, 2.05) is 12.1 Å². The van der Waals surface area contributed by atoms with Crippen molar-refractivity contribution >= 4 is 5.95 Å². The van der Waals surface area contributed by atoms with Crippen LogP contribution in [0, 0.1) is 0 Å². The molecule has 0 spiro atoms. The summed E-state index contributed by atoms with van der Waals surface area (Å²) < 4.78 is 86.2. The summed E-state index contributed by atoms with van der Waals surface area (Å²) in [6.07, 6.45) is -4.95. The molecule has 0 bridgehead atoms. The molecule has 3 aromatic rings. The van der Waals surface area contributed by atoms with Crippen molar-refractivity contribution in [3.8, 4) is 22.6 Å². The van der Waals surface area contributed by atoms with E-state index in [2.05, 4.69) is 37.7 Å². The molecule has 13 heteroatoms. The van der Waals surface area contributed by atoms with Crippen molar-refractivity contribution < 1.29 is 30.9 Å². The third-order valence-electron chi connectivity index (χ3n) is 6.56. The Balaban J connectivity index is 1.22. The van der Waals surface area contributed by atoms with Gasteiger partial charge in [0.2, 0.25) is 5.95 Å². The molecule has 0 saturated heterocycles. The Bertz CT molecular complexity index is 1620. The number of anilines is 1. The van der Waals surface area contributed by atoms with Crippen LogP contribution in [-0.2, 0) is 25.3 Å². The molecule has 0 amide bonds. The van der Waals surface area contributed by atoms with Crippen molar-refractivity contribution in [1.29, 1.82) is 0 Å². The van der Waals surface area contributed by atoms with Crippen molar-refractivity contribution in [2.45, 2.75) is 37.8 Å². The summed E-state index contributed by atoms with van der Waals surface area (Å²) in [6, 6.07) is 10.9. The maximum atomic E-state index is 13.5. The van der Waals surface area contributed by atoms with Gasteiger partial charge < -0.3 is 9.84 Å². The van der Waals surface area contributed by atoms with Gasteiger partial charge in [0, 0.05) is 11.6 Å². The zero-order valence-corrected chi connectivity index (χ0v) is 19.9. The van der Waals surface area contributed by atoms with E-state index in [1.54, 1.807) is 6.20 Å². The van der Waals surface area contributed by atoms with Crippen molar-refractivity contribution in [3.05, 3.63) is 88.9 Å². The van der Waals surface area contributed by atoms with Crippen LogP contribution >= 0.6 is 0 Å². The Morgan fingerprint density at radius 3 is 2.51 bits per heavy atom. The highest BCUT2D eigenvalue weighted by Crippen LogP contribution is 2.41. The largest absolute Gasteiger partial charge is 0.417 e. The maximum absolute atomic E-state index is 13.5. The van der Waals surface area contributed by atoms with Gasteiger partial charge in [0.05, 0.1) is 29.6 Å². The molecule has 0 fully saturated rings. The number of fused-ring (bicyclic) bond motifs is 2. The second kappa shape index (κ2) is 9.10. The minimum atomic E-state index is -5.03. The Morgan fingerprint density at radius 2 is 1.72 bits per heavy atom. The summed E-state index contributed by atoms with van der Waals surface area (Å²) >= 11 is 0. The molecule has 1 atom stereocenters. The van der Waals surface area contributed by atoms with Crippen molar-refractivity contribution in [2.75, 3.05) is 5.32 Å². The van der Waals surface area contributed by atoms with E-state index in [4.69, 9.17) is 4.52 Å². The fraction of sp³-hybridized carbons (Fsp3) is 0.231. The van der Waals surface area contributed by atoms with Crippen molar-refractivity contribution in [2.24, 2.45) is 0 Å². The van der Waals surface area contributed by atoms with Crippen LogP contribution < -0.4 is 5.32 Å². The van der Waals surface area contributed by atoms with E-state index < -0.39 is 29.0 Å². The van der Waals surface area contributed by atoms with Crippen molar-refractivity contribution in [1.82, 2.24) is 24.9 Å². The molecule has 3 aliphatic rings. The summed E-state index contributed by atoms with van der Waals surface area (Å²) in [5.41, 5.74) is -0.0377. The van der Waals surface area contributed by atoms with Gasteiger partial charge in [0.25, 0.3) is 0 Å². The van der Waals surface area contributed by atoms with Gasteiger partial charge in [-0.2, -0.15) is 31.4 Å². The lowest BCUT2D eigenvalue weighted by molar-refractivity contribution is -0.142. The summed E-state index contributed by atoms with van der Waals surface area (Å²) in [4.78, 5) is 9.00. The second-order valence-corrected chi connectivity index (χ2v) is 9.16. The van der Waals surface area contributed by atoms with Gasteiger partial charge in [-0.1, -0.05) is 35.5 Å². The molecule has 0 saturated carbocycles. The summed E-state index contributed by atoms with van der Waals surface area (Å²) in [7, 11) is 0. The van der Waals surface area contributed by atoms with Gasteiger partial charge in [-0.25, -0.2) is 9.97 Å². The monoisotopic (exact) mass is 544 g/mol. The highest BCUT2D eigenvalue weighted by Gasteiger charge is 2.39. The minimum Gasteiger partial charge on any atom is -0.359 e. The van der Waals surface area contributed by atoms with Gasteiger partial charge in [-0.3, -0.25) is 4.68 Å². The lowest BCUT2D eigenvalue weighted by Gasteiger charge is -2.14. The predicted octanol–water partition coefficient (Wildman–Crippen LogP) is 6.62. The molecule has 0 radical (unpaired) electrons. The molecule has 1 aromatic heterocycles. The highest BCUT2D eigenvalue weighted by atomic mass is 19.4. The van der Waals surface area contributed by atoms with Crippen LogP contribution in [0.4, 0.5) is 32.3 Å². The molecule has 2 aromatic carbocycles. The first-order valence-corrected chi connectivity index (χ1v) is 11.8. The lowest BCUT2D eigenvalue weighted by Crippen LogP contribution is -2.12. The molecule has 3 heterocycles. The number of hydrogen-bond acceptors (Lipinski definition) is 6. The van der Waals surface area contributed by atoms with E-state index in [1.165, 1.54) is 28.1 Å². The Labute approximate surface area is 216 Å². The van der Waals surface area contributed by atoms with E-state index >= 15 is 0 Å². The smallest absolute Gasteiger partial charge is 0.359 e. The first-order chi connectivity index (χ1) is 18.5. The fourth-order valence-corrected chi connectivity index (χ4v) is 4.73. The van der Waals surface area contributed by atoms with E-state index in [0.29, 0.717) is 23.4 Å². The number of aryl methyl sites for hydroxylation is 1. The summed E-state index contributed by atoms with van der Waals surface area (Å²) in [6.45, 7) is -0.00342. The minimum absolute atomic E-state index is 0.00342. The number of rotatable bonds is 5. The van der Waals surface area contributed by atoms with Crippen LogP contribution in [0.25, 0.3) is 22.6 Å². The quantitative estimate of drug-likeness (QED) is 0.251. The average molecular weight is 544 g/mol. The number of benzene rings is 2. The summed E-state index contributed by atoms with van der Waals surface area (Å²) in [5.74, 6) is 0.602. The Morgan fingerprint density at radius 1 is 0.923 bits per heavy atom. The molecular weight excluding hydrogens is 526 g/mol. The van der Waals surface area contributed by atoms with Crippen LogP contribution in [0.15, 0.2) is 65.4 Å².